The first-order valence-electron chi connectivity index (χ1n) is 11.8. The molecule has 180 valence electrons. The number of carbonyl (C=O) groups is 2. The molecule has 0 aliphatic carbocycles. The van der Waals surface area contributed by atoms with Gasteiger partial charge in [0.15, 0.2) is 5.13 Å². The van der Waals surface area contributed by atoms with Gasteiger partial charge in [0.05, 0.1) is 21.8 Å². The number of aryl methyl sites for hydroxylation is 2. The van der Waals surface area contributed by atoms with Gasteiger partial charge in [-0.25, -0.2) is 4.98 Å². The van der Waals surface area contributed by atoms with Gasteiger partial charge < -0.3 is 9.84 Å². The summed E-state index contributed by atoms with van der Waals surface area (Å²) in [5.41, 5.74) is 5.15. The Hall–Kier alpha value is -3.97. The molecule has 3 heterocycles. The highest BCUT2D eigenvalue weighted by Crippen LogP contribution is 2.45. The number of Topliss-reactive ketones (excluding diaryl/α,β-unsaturated/α-hetero) is 1. The van der Waals surface area contributed by atoms with Gasteiger partial charge in [-0.2, -0.15) is 0 Å². The first kappa shape index (κ1) is 22.5. The Morgan fingerprint density at radius 2 is 1.78 bits per heavy atom. The van der Waals surface area contributed by atoms with E-state index >= 15 is 0 Å². The molecular formula is C29H24N2O4S. The fraction of sp³-hybridized carbons (Fsp3) is 0.207. The number of rotatable bonds is 3. The maximum atomic E-state index is 13.5. The van der Waals surface area contributed by atoms with Crippen molar-refractivity contribution in [2.75, 3.05) is 4.90 Å². The van der Waals surface area contributed by atoms with Crippen molar-refractivity contribution in [1.29, 1.82) is 0 Å². The Balaban J connectivity index is 1.53. The molecule has 4 aromatic rings. The van der Waals surface area contributed by atoms with Crippen molar-refractivity contribution >= 4 is 44.1 Å². The zero-order valence-corrected chi connectivity index (χ0v) is 20.9. The van der Waals surface area contributed by atoms with Crippen LogP contribution < -0.4 is 9.64 Å². The van der Waals surface area contributed by atoms with E-state index in [0.29, 0.717) is 10.7 Å². The van der Waals surface area contributed by atoms with Crippen molar-refractivity contribution in [3.63, 3.8) is 0 Å². The number of hydrogen-bond acceptors (Lipinski definition) is 6. The molecule has 3 aromatic carbocycles. The van der Waals surface area contributed by atoms with Crippen LogP contribution in [0.25, 0.3) is 16.0 Å². The van der Waals surface area contributed by atoms with Crippen LogP contribution in [0, 0.1) is 13.8 Å². The number of carbonyl (C=O) groups excluding carboxylic acids is 2. The Morgan fingerprint density at radius 1 is 1.03 bits per heavy atom. The number of amides is 1. The standard InChI is InChI=1S/C29H24N2O4S/c1-15-4-7-18(8-5-15)25-24(26(32)19-9-11-22-20(14-19)13-17(3)35-22)27(33)28(34)31(25)29-30-21-10-6-16(2)12-23(21)36-29/h4-12,14,17,25,32H,13H2,1-3H3/b26-24+. The lowest BCUT2D eigenvalue weighted by molar-refractivity contribution is -0.132. The van der Waals surface area contributed by atoms with Crippen molar-refractivity contribution < 1.29 is 19.4 Å². The van der Waals surface area contributed by atoms with E-state index in [9.17, 15) is 14.7 Å². The molecule has 6 nitrogen and oxygen atoms in total. The highest BCUT2D eigenvalue weighted by molar-refractivity contribution is 7.22. The highest BCUT2D eigenvalue weighted by Gasteiger charge is 2.48. The van der Waals surface area contributed by atoms with E-state index in [4.69, 9.17) is 4.74 Å². The summed E-state index contributed by atoms with van der Waals surface area (Å²) in [6.07, 6.45) is 0.773. The van der Waals surface area contributed by atoms with Gasteiger partial charge in [-0.1, -0.05) is 47.2 Å². The summed E-state index contributed by atoms with van der Waals surface area (Å²) in [4.78, 5) is 33.0. The number of ether oxygens (including phenoxy) is 1. The summed E-state index contributed by atoms with van der Waals surface area (Å²) in [5, 5.41) is 11.9. The van der Waals surface area contributed by atoms with Crippen molar-refractivity contribution in [3.8, 4) is 5.75 Å². The third-order valence-electron chi connectivity index (χ3n) is 6.75. The molecule has 2 unspecified atom stereocenters. The Kier molecular flexibility index (Phi) is 5.19. The van der Waals surface area contributed by atoms with Crippen LogP contribution in [0.1, 0.15) is 40.8 Å². The van der Waals surface area contributed by atoms with Gasteiger partial charge in [-0.3, -0.25) is 14.5 Å². The monoisotopic (exact) mass is 496 g/mol. The highest BCUT2D eigenvalue weighted by atomic mass is 32.1. The van der Waals surface area contributed by atoms with E-state index in [0.717, 1.165) is 44.6 Å². The van der Waals surface area contributed by atoms with Crippen molar-refractivity contribution in [3.05, 3.63) is 94.1 Å². The molecule has 0 bridgehead atoms. The minimum Gasteiger partial charge on any atom is -0.507 e. The maximum absolute atomic E-state index is 13.5. The zero-order valence-electron chi connectivity index (χ0n) is 20.1. The average Bonchev–Trinajstić information content (AvgIpc) is 3.51. The summed E-state index contributed by atoms with van der Waals surface area (Å²) in [5.74, 6) is -0.838. The van der Waals surface area contributed by atoms with Crippen molar-refractivity contribution in [1.82, 2.24) is 4.98 Å². The first-order chi connectivity index (χ1) is 17.3. The van der Waals surface area contributed by atoms with Crippen LogP contribution in [0.15, 0.2) is 66.2 Å². The lowest BCUT2D eigenvalue weighted by Gasteiger charge is -2.23. The molecule has 2 atom stereocenters. The van der Waals surface area contributed by atoms with Crippen molar-refractivity contribution in [2.45, 2.75) is 39.3 Å². The van der Waals surface area contributed by atoms with Crippen LogP contribution in [-0.2, 0) is 16.0 Å². The minimum atomic E-state index is -0.796. The van der Waals surface area contributed by atoms with E-state index in [1.165, 1.54) is 16.2 Å². The largest absolute Gasteiger partial charge is 0.507 e. The molecule has 1 N–H and O–H groups in total. The summed E-state index contributed by atoms with van der Waals surface area (Å²) >= 11 is 1.36. The summed E-state index contributed by atoms with van der Waals surface area (Å²) in [7, 11) is 0. The quantitative estimate of drug-likeness (QED) is 0.218. The van der Waals surface area contributed by atoms with Gasteiger partial charge in [0.25, 0.3) is 5.78 Å². The fourth-order valence-corrected chi connectivity index (χ4v) is 6.03. The third-order valence-corrected chi connectivity index (χ3v) is 7.76. The van der Waals surface area contributed by atoms with E-state index < -0.39 is 17.7 Å². The lowest BCUT2D eigenvalue weighted by Crippen LogP contribution is -2.29. The SMILES string of the molecule is Cc1ccc(C2/C(=C(\O)c3ccc4c(c3)CC(C)O4)C(=O)C(=O)N2c2nc3ccc(C)cc3s2)cc1. The second kappa shape index (κ2) is 8.31. The van der Waals surface area contributed by atoms with Crippen LogP contribution in [0.4, 0.5) is 5.13 Å². The smallest absolute Gasteiger partial charge is 0.301 e. The molecule has 0 radical (unpaired) electrons. The molecule has 1 amide bonds. The Labute approximate surface area is 212 Å². The average molecular weight is 497 g/mol. The predicted molar refractivity (Wildman–Crippen MR) is 141 cm³/mol. The number of aliphatic hydroxyl groups excluding tert-OH is 1. The second-order valence-electron chi connectivity index (χ2n) is 9.50. The van der Waals surface area contributed by atoms with E-state index in [1.54, 1.807) is 12.1 Å². The van der Waals surface area contributed by atoms with Gasteiger partial charge in [-0.15, -0.1) is 0 Å². The molecule has 2 aliphatic rings. The number of nitrogens with zero attached hydrogens (tertiary/aromatic N) is 2. The predicted octanol–water partition coefficient (Wildman–Crippen LogP) is 5.86. The number of thiazole rings is 1. The van der Waals surface area contributed by atoms with Gasteiger partial charge in [-0.05, 0) is 67.8 Å². The number of hydrogen-bond donors (Lipinski definition) is 1. The lowest BCUT2D eigenvalue weighted by atomic mass is 9.94. The van der Waals surface area contributed by atoms with Gasteiger partial charge in [0.2, 0.25) is 0 Å². The molecule has 0 spiro atoms. The van der Waals surface area contributed by atoms with E-state index in [2.05, 4.69) is 4.98 Å². The number of aromatic nitrogens is 1. The van der Waals surface area contributed by atoms with E-state index in [1.807, 2.05) is 69.3 Å². The molecular weight excluding hydrogens is 472 g/mol. The first-order valence-corrected chi connectivity index (χ1v) is 12.7. The molecule has 0 saturated carbocycles. The van der Waals surface area contributed by atoms with Crippen molar-refractivity contribution in [2.24, 2.45) is 0 Å². The van der Waals surface area contributed by atoms with E-state index in [-0.39, 0.29) is 17.4 Å². The van der Waals surface area contributed by atoms with Gasteiger partial charge in [0, 0.05) is 12.0 Å². The van der Waals surface area contributed by atoms with Crippen LogP contribution in [0.2, 0.25) is 0 Å². The Bertz CT molecular complexity index is 1580. The number of anilines is 1. The fourth-order valence-electron chi connectivity index (χ4n) is 4.94. The van der Waals surface area contributed by atoms with Crippen LogP contribution in [0.5, 0.6) is 5.75 Å². The molecule has 7 heteroatoms. The summed E-state index contributed by atoms with van der Waals surface area (Å²) in [6, 6.07) is 18.1. The van der Waals surface area contributed by atoms with Gasteiger partial charge in [0.1, 0.15) is 17.6 Å². The molecule has 1 aromatic heterocycles. The number of fused-ring (bicyclic) bond motifs is 2. The summed E-state index contributed by atoms with van der Waals surface area (Å²) < 4.78 is 6.72. The maximum Gasteiger partial charge on any atom is 0.301 e. The minimum absolute atomic E-state index is 0.0539. The molecule has 1 saturated heterocycles. The van der Waals surface area contributed by atoms with Gasteiger partial charge >= 0.3 is 5.91 Å². The normalized spacial score (nSPS) is 20.7. The second-order valence-corrected chi connectivity index (χ2v) is 10.5. The number of ketones is 1. The number of aliphatic hydroxyl groups is 1. The topological polar surface area (TPSA) is 79.7 Å². The summed E-state index contributed by atoms with van der Waals surface area (Å²) in [6.45, 7) is 5.96. The van der Waals surface area contributed by atoms with Crippen LogP contribution in [-0.4, -0.2) is 27.9 Å². The number of benzene rings is 3. The van der Waals surface area contributed by atoms with Crippen LogP contribution in [0.3, 0.4) is 0 Å². The molecule has 36 heavy (non-hydrogen) atoms. The molecule has 6 rings (SSSR count). The molecule has 1 fully saturated rings. The third kappa shape index (κ3) is 3.58. The molecule has 2 aliphatic heterocycles. The Morgan fingerprint density at radius 3 is 2.56 bits per heavy atom. The van der Waals surface area contributed by atoms with Crippen LogP contribution >= 0.6 is 11.3 Å². The zero-order chi connectivity index (χ0) is 25.1.